The Hall–Kier alpha value is -3.20. The molecular weight excluding hydrogens is 415 g/mol. The maximum absolute atomic E-state index is 13.4. The molecule has 156 valence electrons. The highest BCUT2D eigenvalue weighted by Crippen LogP contribution is 2.67. The number of halogens is 2. The van der Waals surface area contributed by atoms with Crippen molar-refractivity contribution in [2.75, 3.05) is 6.61 Å². The number of rotatable bonds is 7. The number of hydrogen-bond acceptors (Lipinski definition) is 5. The fraction of sp³-hybridized carbons (Fsp3) is 0.300. The molecule has 10 heteroatoms. The number of nitrogens with zero attached hydrogens (tertiary/aromatic N) is 1. The summed E-state index contributed by atoms with van der Waals surface area (Å²) >= 11 is 5.61. The summed E-state index contributed by atoms with van der Waals surface area (Å²) in [6.45, 7) is -0.280. The van der Waals surface area contributed by atoms with Gasteiger partial charge in [-0.1, -0.05) is 11.6 Å². The van der Waals surface area contributed by atoms with Crippen molar-refractivity contribution in [2.24, 2.45) is 11.5 Å². The molecule has 1 aromatic carbocycles. The number of pyridine rings is 1. The zero-order valence-corrected chi connectivity index (χ0v) is 16.5. The van der Waals surface area contributed by atoms with E-state index >= 15 is 0 Å². The van der Waals surface area contributed by atoms with Crippen LogP contribution in [0.15, 0.2) is 30.5 Å². The van der Waals surface area contributed by atoms with Crippen molar-refractivity contribution in [3.63, 3.8) is 0 Å². The average molecular weight is 433 g/mol. The Bertz CT molecular complexity index is 1070. The molecule has 5 rings (SSSR count). The van der Waals surface area contributed by atoms with Crippen LogP contribution in [0, 0.1) is 5.82 Å². The van der Waals surface area contributed by atoms with Crippen molar-refractivity contribution in [1.29, 1.82) is 0 Å². The van der Waals surface area contributed by atoms with Crippen LogP contribution >= 0.6 is 11.6 Å². The lowest BCUT2D eigenvalue weighted by Crippen LogP contribution is -2.77. The summed E-state index contributed by atoms with van der Waals surface area (Å²) in [5, 5.41) is 2.88. The van der Waals surface area contributed by atoms with Crippen LogP contribution in [-0.2, 0) is 10.2 Å². The second kappa shape index (κ2) is 6.94. The lowest BCUT2D eigenvalue weighted by atomic mass is 9.38. The minimum atomic E-state index is -0.765. The number of carbonyl (C=O) groups excluding carboxylic acids is 3. The van der Waals surface area contributed by atoms with E-state index in [0.29, 0.717) is 25.0 Å². The predicted molar refractivity (Wildman–Crippen MR) is 105 cm³/mol. The number of nitrogens with one attached hydrogen (secondary N) is 1. The minimum absolute atomic E-state index is 0.0321. The SMILES string of the molecule is NC(=O)c1ccnc(C23CC(NC(=O)COc4ccc(Cl)c(F)c4)(C2)C3)c1C(N)=O. The lowest BCUT2D eigenvalue weighted by Gasteiger charge is -2.70. The van der Waals surface area contributed by atoms with E-state index < -0.39 is 28.6 Å². The molecule has 3 amide bonds. The topological polar surface area (TPSA) is 137 Å². The van der Waals surface area contributed by atoms with Crippen LogP contribution in [0.2, 0.25) is 5.02 Å². The van der Waals surface area contributed by atoms with Gasteiger partial charge >= 0.3 is 0 Å². The molecule has 30 heavy (non-hydrogen) atoms. The highest BCUT2D eigenvalue weighted by atomic mass is 35.5. The number of amides is 3. The van der Waals surface area contributed by atoms with Crippen molar-refractivity contribution in [2.45, 2.75) is 30.2 Å². The number of carbonyl (C=O) groups is 3. The second-order valence-corrected chi connectivity index (χ2v) is 8.22. The van der Waals surface area contributed by atoms with Crippen LogP contribution in [-0.4, -0.2) is 34.9 Å². The van der Waals surface area contributed by atoms with E-state index in [1.54, 1.807) is 0 Å². The predicted octanol–water partition coefficient (Wildman–Crippen LogP) is 1.44. The Morgan fingerprint density at radius 1 is 1.17 bits per heavy atom. The summed E-state index contributed by atoms with van der Waals surface area (Å²) in [6, 6.07) is 5.29. The van der Waals surface area contributed by atoms with E-state index in [4.69, 9.17) is 27.8 Å². The van der Waals surface area contributed by atoms with Crippen molar-refractivity contribution in [1.82, 2.24) is 10.3 Å². The first kappa shape index (κ1) is 20.1. The first-order valence-electron chi connectivity index (χ1n) is 9.13. The highest BCUT2D eigenvalue weighted by molar-refractivity contribution is 6.30. The van der Waals surface area contributed by atoms with Crippen LogP contribution in [0.25, 0.3) is 0 Å². The third-order valence-corrected chi connectivity index (χ3v) is 5.97. The molecule has 2 aromatic rings. The summed E-state index contributed by atoms with van der Waals surface area (Å²) in [5.74, 6) is -2.31. The van der Waals surface area contributed by atoms with Crippen molar-refractivity contribution >= 4 is 29.3 Å². The molecule has 3 aliphatic carbocycles. The molecular formula is C20H18ClFN4O4. The number of primary amides is 2. The number of aromatic nitrogens is 1. The van der Waals surface area contributed by atoms with Crippen LogP contribution in [0.3, 0.4) is 0 Å². The van der Waals surface area contributed by atoms with E-state index in [2.05, 4.69) is 10.3 Å². The fourth-order valence-corrected chi connectivity index (χ4v) is 4.66. The summed E-state index contributed by atoms with van der Waals surface area (Å²) in [6.07, 6.45) is 3.08. The molecule has 3 aliphatic rings. The molecule has 0 saturated heterocycles. The molecule has 5 N–H and O–H groups in total. The average Bonchev–Trinajstić information content (AvgIpc) is 2.63. The van der Waals surface area contributed by atoms with E-state index in [9.17, 15) is 18.8 Å². The molecule has 1 aromatic heterocycles. The highest BCUT2D eigenvalue weighted by Gasteiger charge is 2.70. The van der Waals surface area contributed by atoms with Crippen LogP contribution in [0.4, 0.5) is 4.39 Å². The Kier molecular flexibility index (Phi) is 4.65. The molecule has 8 nitrogen and oxygen atoms in total. The van der Waals surface area contributed by atoms with Crippen LogP contribution < -0.4 is 21.5 Å². The number of nitrogens with two attached hydrogens (primary N) is 2. The number of benzene rings is 1. The molecule has 0 radical (unpaired) electrons. The normalized spacial score (nSPS) is 23.7. The third-order valence-electron chi connectivity index (χ3n) is 5.66. The van der Waals surface area contributed by atoms with Crippen molar-refractivity contribution in [3.05, 3.63) is 58.1 Å². The first-order chi connectivity index (χ1) is 14.1. The largest absolute Gasteiger partial charge is 0.484 e. The molecule has 0 spiro atoms. The molecule has 0 aliphatic heterocycles. The first-order valence-corrected chi connectivity index (χ1v) is 9.51. The van der Waals surface area contributed by atoms with E-state index in [-0.39, 0.29) is 34.4 Å². The van der Waals surface area contributed by atoms with Crippen LogP contribution in [0.5, 0.6) is 5.75 Å². The number of ether oxygens (including phenoxy) is 1. The zero-order valence-electron chi connectivity index (χ0n) is 15.7. The maximum Gasteiger partial charge on any atom is 0.258 e. The van der Waals surface area contributed by atoms with E-state index in [0.717, 1.165) is 6.07 Å². The van der Waals surface area contributed by atoms with Gasteiger partial charge in [-0.05, 0) is 37.5 Å². The Balaban J connectivity index is 1.40. The number of hydrogen-bond donors (Lipinski definition) is 3. The molecule has 0 atom stereocenters. The van der Waals surface area contributed by atoms with Gasteiger partial charge in [0, 0.05) is 23.2 Å². The maximum atomic E-state index is 13.4. The zero-order chi connectivity index (χ0) is 21.7. The molecule has 2 bridgehead atoms. The smallest absolute Gasteiger partial charge is 0.258 e. The fourth-order valence-electron chi connectivity index (χ4n) is 4.54. The standard InChI is InChI=1S/C20H18ClFN4O4/c21-12-2-1-10(5-13(12)22)30-6-14(27)26-20-7-19(8-20,9-20)16-15(18(24)29)11(17(23)28)3-4-25-16/h1-5H,6-9H2,(H2,23,28)(H2,24,29)(H,26,27). The van der Waals surface area contributed by atoms with Gasteiger partial charge in [-0.15, -0.1) is 0 Å². The monoisotopic (exact) mass is 432 g/mol. The summed E-state index contributed by atoms with van der Waals surface area (Å²) in [5.41, 5.74) is 10.5. The van der Waals surface area contributed by atoms with E-state index in [1.165, 1.54) is 24.4 Å². The van der Waals surface area contributed by atoms with Gasteiger partial charge in [0.25, 0.3) is 11.8 Å². The van der Waals surface area contributed by atoms with Crippen molar-refractivity contribution in [3.8, 4) is 5.75 Å². The molecule has 0 unspecified atom stereocenters. The third kappa shape index (κ3) is 3.24. The Morgan fingerprint density at radius 3 is 2.47 bits per heavy atom. The van der Waals surface area contributed by atoms with Gasteiger partial charge in [-0.2, -0.15) is 0 Å². The molecule has 3 saturated carbocycles. The van der Waals surface area contributed by atoms with Gasteiger partial charge in [0.1, 0.15) is 11.6 Å². The molecule has 1 heterocycles. The van der Waals surface area contributed by atoms with Crippen molar-refractivity contribution < 1.29 is 23.5 Å². The van der Waals surface area contributed by atoms with E-state index in [1.807, 2.05) is 0 Å². The second-order valence-electron chi connectivity index (χ2n) is 7.81. The Labute approximate surface area is 175 Å². The minimum Gasteiger partial charge on any atom is -0.484 e. The van der Waals surface area contributed by atoms with Gasteiger partial charge in [0.2, 0.25) is 5.91 Å². The van der Waals surface area contributed by atoms with Gasteiger partial charge in [0.15, 0.2) is 6.61 Å². The summed E-state index contributed by atoms with van der Waals surface area (Å²) in [7, 11) is 0. The van der Waals surface area contributed by atoms with Gasteiger partial charge in [0.05, 0.1) is 21.8 Å². The summed E-state index contributed by atoms with van der Waals surface area (Å²) < 4.78 is 18.7. The van der Waals surface area contributed by atoms with Gasteiger partial charge in [-0.3, -0.25) is 19.4 Å². The summed E-state index contributed by atoms with van der Waals surface area (Å²) in [4.78, 5) is 40.1. The van der Waals surface area contributed by atoms with Crippen LogP contribution in [0.1, 0.15) is 45.7 Å². The molecule has 3 fully saturated rings. The van der Waals surface area contributed by atoms with Gasteiger partial charge < -0.3 is 21.5 Å². The lowest BCUT2D eigenvalue weighted by molar-refractivity contribution is -0.140. The Morgan fingerprint density at radius 2 is 1.87 bits per heavy atom. The quantitative estimate of drug-likeness (QED) is 0.607. The van der Waals surface area contributed by atoms with Gasteiger partial charge in [-0.25, -0.2) is 4.39 Å².